The molecular weight excluding hydrogens is 216 g/mol. The first-order valence-electron chi connectivity index (χ1n) is 5.90. The summed E-state index contributed by atoms with van der Waals surface area (Å²) >= 11 is 0. The quantitative estimate of drug-likeness (QED) is 0.858. The summed E-state index contributed by atoms with van der Waals surface area (Å²) in [6, 6.07) is 7.82. The summed E-state index contributed by atoms with van der Waals surface area (Å²) in [7, 11) is 0. The molecule has 0 saturated carbocycles. The largest absolute Gasteiger partial charge is 0.395 e. The molecule has 1 N–H and O–H groups in total. The maximum atomic E-state index is 11.9. The first kappa shape index (κ1) is 12.1. The van der Waals surface area contributed by atoms with E-state index in [1.165, 1.54) is 5.56 Å². The van der Waals surface area contributed by atoms with Gasteiger partial charge in [0.2, 0.25) is 5.91 Å². The third kappa shape index (κ3) is 2.33. The van der Waals surface area contributed by atoms with Gasteiger partial charge in [-0.15, -0.1) is 0 Å². The number of benzene rings is 1. The smallest absolute Gasteiger partial charge is 0.242 e. The van der Waals surface area contributed by atoms with Gasteiger partial charge < -0.3 is 5.11 Å². The molecule has 1 amide bonds. The van der Waals surface area contributed by atoms with Gasteiger partial charge in [0.1, 0.15) is 0 Å². The minimum absolute atomic E-state index is 0.0391. The monoisotopic (exact) mass is 234 g/mol. The Morgan fingerprint density at radius 3 is 2.59 bits per heavy atom. The first-order valence-corrected chi connectivity index (χ1v) is 5.90. The molecule has 0 spiro atoms. The van der Waals surface area contributed by atoms with Crippen LogP contribution in [0, 0.1) is 6.92 Å². The van der Waals surface area contributed by atoms with Crippen molar-refractivity contribution in [3.8, 4) is 0 Å². The number of hydrogen-bond acceptors (Lipinski definition) is 3. The number of nitrogens with zero attached hydrogens (tertiary/aromatic N) is 2. The van der Waals surface area contributed by atoms with E-state index in [2.05, 4.69) is 0 Å². The van der Waals surface area contributed by atoms with Gasteiger partial charge in [-0.2, -0.15) is 0 Å². The molecule has 1 atom stereocenters. The fourth-order valence-corrected chi connectivity index (χ4v) is 2.05. The van der Waals surface area contributed by atoms with Gasteiger partial charge in [-0.05, 0) is 26.0 Å². The van der Waals surface area contributed by atoms with Gasteiger partial charge in [0.05, 0.1) is 18.3 Å². The van der Waals surface area contributed by atoms with Crippen molar-refractivity contribution in [3.05, 3.63) is 29.8 Å². The molecule has 17 heavy (non-hydrogen) atoms. The van der Waals surface area contributed by atoms with E-state index in [1.54, 1.807) is 5.01 Å². The predicted molar refractivity (Wildman–Crippen MR) is 66.5 cm³/mol. The lowest BCUT2D eigenvalue weighted by atomic mass is 10.2. The van der Waals surface area contributed by atoms with Crippen LogP contribution in [0.25, 0.3) is 0 Å². The standard InChI is InChI=1S/C13H18N2O2/c1-10-3-5-12(6-4-10)15-13(17)7-8-14(15)11(2)9-16/h3-6,11,16H,7-9H2,1-2H3. The molecule has 1 aromatic carbocycles. The van der Waals surface area contributed by atoms with E-state index < -0.39 is 0 Å². The zero-order valence-electron chi connectivity index (χ0n) is 10.3. The summed E-state index contributed by atoms with van der Waals surface area (Å²) in [6.07, 6.45) is 0.512. The number of anilines is 1. The summed E-state index contributed by atoms with van der Waals surface area (Å²) in [5.41, 5.74) is 2.04. The van der Waals surface area contributed by atoms with E-state index in [-0.39, 0.29) is 18.6 Å². The Morgan fingerprint density at radius 2 is 2.00 bits per heavy atom. The number of aryl methyl sites for hydroxylation is 1. The Kier molecular flexibility index (Phi) is 3.45. The van der Waals surface area contributed by atoms with Crippen molar-refractivity contribution in [3.63, 3.8) is 0 Å². The highest BCUT2D eigenvalue weighted by Gasteiger charge is 2.32. The second-order valence-corrected chi connectivity index (χ2v) is 4.49. The van der Waals surface area contributed by atoms with E-state index in [4.69, 9.17) is 0 Å². The van der Waals surface area contributed by atoms with Crippen LogP contribution in [0.5, 0.6) is 0 Å². The van der Waals surface area contributed by atoms with Gasteiger partial charge in [0, 0.05) is 13.0 Å². The summed E-state index contributed by atoms with van der Waals surface area (Å²) in [5.74, 6) is 0.0918. The number of amides is 1. The normalized spacial score (nSPS) is 18.8. The summed E-state index contributed by atoms with van der Waals surface area (Å²) in [6.45, 7) is 4.66. The topological polar surface area (TPSA) is 43.8 Å². The zero-order chi connectivity index (χ0) is 12.4. The predicted octanol–water partition coefficient (Wildman–Crippen LogP) is 1.33. The maximum Gasteiger partial charge on any atom is 0.242 e. The molecule has 0 radical (unpaired) electrons. The first-order chi connectivity index (χ1) is 8.13. The van der Waals surface area contributed by atoms with E-state index in [9.17, 15) is 9.90 Å². The fraction of sp³-hybridized carbons (Fsp3) is 0.462. The second-order valence-electron chi connectivity index (χ2n) is 4.49. The van der Waals surface area contributed by atoms with Crippen molar-refractivity contribution in [1.82, 2.24) is 5.01 Å². The number of hydrogen-bond donors (Lipinski definition) is 1. The molecule has 1 saturated heterocycles. The minimum Gasteiger partial charge on any atom is -0.395 e. The molecule has 1 aliphatic heterocycles. The number of carbonyl (C=O) groups is 1. The van der Waals surface area contributed by atoms with Crippen LogP contribution < -0.4 is 5.01 Å². The van der Waals surface area contributed by atoms with Crippen molar-refractivity contribution in [2.45, 2.75) is 26.3 Å². The average molecular weight is 234 g/mol. The van der Waals surface area contributed by atoms with Crippen LogP contribution in [-0.4, -0.2) is 35.2 Å². The Hall–Kier alpha value is -1.39. The maximum absolute atomic E-state index is 11.9. The fourth-order valence-electron chi connectivity index (χ4n) is 2.05. The van der Waals surface area contributed by atoms with Crippen LogP contribution in [0.15, 0.2) is 24.3 Å². The van der Waals surface area contributed by atoms with Crippen LogP contribution in [-0.2, 0) is 4.79 Å². The van der Waals surface area contributed by atoms with Crippen molar-refractivity contribution in [2.75, 3.05) is 18.2 Å². The van der Waals surface area contributed by atoms with Crippen molar-refractivity contribution < 1.29 is 9.90 Å². The van der Waals surface area contributed by atoms with Crippen LogP contribution in [0.1, 0.15) is 18.9 Å². The molecule has 1 aromatic rings. The second kappa shape index (κ2) is 4.85. The third-order valence-electron chi connectivity index (χ3n) is 3.10. The number of aliphatic hydroxyl groups is 1. The SMILES string of the molecule is Cc1ccc(N2C(=O)CCN2C(C)CO)cc1. The lowest BCUT2D eigenvalue weighted by molar-refractivity contribution is -0.118. The number of hydrazine groups is 1. The molecule has 4 heteroatoms. The average Bonchev–Trinajstić information content (AvgIpc) is 2.71. The zero-order valence-corrected chi connectivity index (χ0v) is 10.3. The molecule has 1 heterocycles. The Balaban J connectivity index is 2.27. The molecule has 4 nitrogen and oxygen atoms in total. The molecule has 0 aliphatic carbocycles. The summed E-state index contributed by atoms with van der Waals surface area (Å²) in [5, 5.41) is 12.8. The van der Waals surface area contributed by atoms with E-state index in [1.807, 2.05) is 43.1 Å². The highest BCUT2D eigenvalue weighted by Crippen LogP contribution is 2.24. The van der Waals surface area contributed by atoms with Crippen LogP contribution in [0.3, 0.4) is 0 Å². The third-order valence-corrected chi connectivity index (χ3v) is 3.10. The Labute approximate surface area is 101 Å². The van der Waals surface area contributed by atoms with E-state index in [0.29, 0.717) is 13.0 Å². The highest BCUT2D eigenvalue weighted by molar-refractivity contribution is 5.94. The molecule has 1 aliphatic rings. The molecule has 0 bridgehead atoms. The molecular formula is C13H18N2O2. The summed E-state index contributed by atoms with van der Waals surface area (Å²) in [4.78, 5) is 11.9. The lowest BCUT2D eigenvalue weighted by Crippen LogP contribution is -2.46. The van der Waals surface area contributed by atoms with Crippen molar-refractivity contribution >= 4 is 11.6 Å². The van der Waals surface area contributed by atoms with Gasteiger partial charge in [0.15, 0.2) is 0 Å². The van der Waals surface area contributed by atoms with Crippen molar-refractivity contribution in [1.29, 1.82) is 0 Å². The van der Waals surface area contributed by atoms with Crippen molar-refractivity contribution in [2.24, 2.45) is 0 Å². The Morgan fingerprint density at radius 1 is 1.35 bits per heavy atom. The number of aliphatic hydroxyl groups excluding tert-OH is 1. The van der Waals surface area contributed by atoms with E-state index in [0.717, 1.165) is 5.69 Å². The van der Waals surface area contributed by atoms with Gasteiger partial charge in [-0.1, -0.05) is 17.7 Å². The Bertz CT molecular complexity index is 402. The number of carbonyl (C=O) groups excluding carboxylic acids is 1. The van der Waals surface area contributed by atoms with Gasteiger partial charge in [-0.3, -0.25) is 4.79 Å². The van der Waals surface area contributed by atoms with Crippen LogP contribution in [0.4, 0.5) is 5.69 Å². The number of rotatable bonds is 3. The molecule has 1 fully saturated rings. The summed E-state index contributed by atoms with van der Waals surface area (Å²) < 4.78 is 0. The van der Waals surface area contributed by atoms with Gasteiger partial charge >= 0.3 is 0 Å². The molecule has 1 unspecified atom stereocenters. The molecule has 0 aromatic heterocycles. The highest BCUT2D eigenvalue weighted by atomic mass is 16.3. The van der Waals surface area contributed by atoms with Crippen LogP contribution >= 0.6 is 0 Å². The van der Waals surface area contributed by atoms with Gasteiger partial charge in [0.25, 0.3) is 0 Å². The van der Waals surface area contributed by atoms with E-state index >= 15 is 0 Å². The molecule has 2 rings (SSSR count). The van der Waals surface area contributed by atoms with Crippen LogP contribution in [0.2, 0.25) is 0 Å². The van der Waals surface area contributed by atoms with Gasteiger partial charge in [-0.25, -0.2) is 10.0 Å². The molecule has 92 valence electrons. The minimum atomic E-state index is -0.0391. The lowest BCUT2D eigenvalue weighted by Gasteiger charge is -2.32.